The molecule has 0 spiro atoms. The van der Waals surface area contributed by atoms with Crippen LogP contribution in [0.1, 0.15) is 45.6 Å². The van der Waals surface area contributed by atoms with Gasteiger partial charge < -0.3 is 15.2 Å². The topological polar surface area (TPSA) is 71.8 Å². The first-order valence-electron chi connectivity index (χ1n) is 9.02. The third-order valence-corrected chi connectivity index (χ3v) is 4.54. The Morgan fingerprint density at radius 2 is 1.93 bits per heavy atom. The summed E-state index contributed by atoms with van der Waals surface area (Å²) in [4.78, 5) is 21.8. The number of fused-ring (bicyclic) bond motifs is 1. The third kappa shape index (κ3) is 4.22. The largest absolute Gasteiger partial charge is 0.328 e. The molecule has 2 N–H and O–H groups in total. The molecule has 0 saturated heterocycles. The Morgan fingerprint density at radius 3 is 2.59 bits per heavy atom. The van der Waals surface area contributed by atoms with E-state index >= 15 is 0 Å². The molecule has 0 saturated carbocycles. The van der Waals surface area contributed by atoms with Crippen LogP contribution in [0.2, 0.25) is 5.02 Å². The number of carbonyl (C=O) groups excluding carboxylic acids is 1. The van der Waals surface area contributed by atoms with Crippen molar-refractivity contribution in [1.82, 2.24) is 19.9 Å². The van der Waals surface area contributed by atoms with E-state index in [1.54, 1.807) is 30.5 Å². The van der Waals surface area contributed by atoms with E-state index in [1.807, 2.05) is 12.1 Å². The summed E-state index contributed by atoms with van der Waals surface area (Å²) in [6.45, 7) is 8.29. The minimum Gasteiger partial charge on any atom is -0.328 e. The van der Waals surface area contributed by atoms with Crippen LogP contribution in [0.15, 0.2) is 42.6 Å². The van der Waals surface area contributed by atoms with Crippen LogP contribution in [0.3, 0.4) is 0 Å². The van der Waals surface area contributed by atoms with Crippen LogP contribution in [-0.4, -0.2) is 20.6 Å². The van der Waals surface area contributed by atoms with Gasteiger partial charge in [0, 0.05) is 22.9 Å². The molecule has 27 heavy (non-hydrogen) atoms. The van der Waals surface area contributed by atoms with Crippen LogP contribution in [0.5, 0.6) is 0 Å². The van der Waals surface area contributed by atoms with E-state index in [2.05, 4.69) is 47.9 Å². The Balaban J connectivity index is 1.91. The second-order valence-electron chi connectivity index (χ2n) is 7.11. The Morgan fingerprint density at radius 1 is 1.15 bits per heavy atom. The van der Waals surface area contributed by atoms with E-state index < -0.39 is 0 Å². The highest BCUT2D eigenvalue weighted by atomic mass is 35.5. The number of hydrogen-bond acceptors (Lipinski definition) is 3. The van der Waals surface area contributed by atoms with Gasteiger partial charge in [0.1, 0.15) is 11.3 Å². The van der Waals surface area contributed by atoms with E-state index in [1.165, 1.54) is 0 Å². The number of rotatable bonds is 5. The van der Waals surface area contributed by atoms with Crippen molar-refractivity contribution >= 4 is 34.5 Å². The van der Waals surface area contributed by atoms with Crippen molar-refractivity contribution in [1.29, 1.82) is 0 Å². The molecule has 0 aliphatic rings. The monoisotopic (exact) mass is 385 g/mol. The average Bonchev–Trinajstić information content (AvgIpc) is 2.98. The van der Waals surface area contributed by atoms with Crippen molar-refractivity contribution in [2.24, 2.45) is 5.92 Å². The minimum atomic E-state index is -0.300. The number of aromatic nitrogens is 3. The quantitative estimate of drug-likeness (QED) is 0.635. The average molecular weight is 386 g/mol. The molecule has 0 aliphatic carbocycles. The second-order valence-corrected chi connectivity index (χ2v) is 7.55. The first kappa shape index (κ1) is 19.2. The molecule has 0 unspecified atom stereocenters. The summed E-state index contributed by atoms with van der Waals surface area (Å²) in [7, 11) is 0. The van der Waals surface area contributed by atoms with Gasteiger partial charge >= 0.3 is 6.03 Å². The summed E-state index contributed by atoms with van der Waals surface area (Å²) in [5, 5.41) is 6.46. The number of anilines is 1. The molecule has 142 valence electrons. The van der Waals surface area contributed by atoms with Crippen molar-refractivity contribution in [3.63, 3.8) is 0 Å². The Hall–Kier alpha value is -2.60. The molecule has 6 nitrogen and oxygen atoms in total. The zero-order chi connectivity index (χ0) is 19.6. The molecule has 1 atom stereocenters. The van der Waals surface area contributed by atoms with Crippen molar-refractivity contribution < 1.29 is 4.79 Å². The number of urea groups is 1. The fourth-order valence-electron chi connectivity index (χ4n) is 3.08. The molecule has 0 aliphatic heterocycles. The predicted octanol–water partition coefficient (Wildman–Crippen LogP) is 5.18. The zero-order valence-electron chi connectivity index (χ0n) is 15.9. The van der Waals surface area contributed by atoms with E-state index in [4.69, 9.17) is 16.6 Å². The van der Waals surface area contributed by atoms with Gasteiger partial charge in [0.05, 0.1) is 6.04 Å². The number of nitrogens with one attached hydrogen (secondary N) is 2. The first-order chi connectivity index (χ1) is 12.9. The fraction of sp³-hybridized carbons (Fsp3) is 0.350. The maximum atomic E-state index is 12.6. The smallest absolute Gasteiger partial charge is 0.319 e. The lowest BCUT2D eigenvalue weighted by Gasteiger charge is -2.24. The molecule has 1 aromatic carbocycles. The summed E-state index contributed by atoms with van der Waals surface area (Å²) in [6.07, 6.45) is 1.76. The molecular weight excluding hydrogens is 362 g/mol. The Bertz CT molecular complexity index is 950. The molecule has 0 fully saturated rings. The van der Waals surface area contributed by atoms with Crippen LogP contribution in [0, 0.1) is 5.92 Å². The number of amides is 2. The number of carbonyl (C=O) groups is 1. The van der Waals surface area contributed by atoms with Gasteiger partial charge in [-0.1, -0.05) is 31.5 Å². The number of benzene rings is 1. The maximum absolute atomic E-state index is 12.6. The van der Waals surface area contributed by atoms with Crippen molar-refractivity contribution in [3.8, 4) is 0 Å². The predicted molar refractivity (Wildman–Crippen MR) is 109 cm³/mol. The van der Waals surface area contributed by atoms with E-state index in [0.717, 1.165) is 17.0 Å². The van der Waals surface area contributed by atoms with Gasteiger partial charge in [-0.05, 0) is 50.1 Å². The first-order valence-corrected chi connectivity index (χ1v) is 9.40. The fourth-order valence-corrected chi connectivity index (χ4v) is 3.27. The molecule has 2 amide bonds. The SMILES string of the molecule is CC(C)[C@@H](NC(=O)Nc1cccc(Cl)c1)c1nc2cccnc2n1C(C)C. The molecule has 3 rings (SSSR count). The lowest BCUT2D eigenvalue weighted by atomic mass is 10.0. The Labute approximate surface area is 164 Å². The number of halogens is 1. The molecule has 2 heterocycles. The molecule has 0 radical (unpaired) electrons. The van der Waals surface area contributed by atoms with E-state index in [9.17, 15) is 4.79 Å². The summed E-state index contributed by atoms with van der Waals surface area (Å²) in [5.41, 5.74) is 2.29. The van der Waals surface area contributed by atoms with E-state index in [0.29, 0.717) is 10.7 Å². The van der Waals surface area contributed by atoms with Crippen LogP contribution >= 0.6 is 11.6 Å². The highest BCUT2D eigenvalue weighted by Gasteiger charge is 2.26. The highest BCUT2D eigenvalue weighted by Crippen LogP contribution is 2.28. The van der Waals surface area contributed by atoms with Gasteiger partial charge in [-0.15, -0.1) is 0 Å². The van der Waals surface area contributed by atoms with Gasteiger partial charge in [-0.25, -0.2) is 14.8 Å². The zero-order valence-corrected chi connectivity index (χ0v) is 16.7. The summed E-state index contributed by atoms with van der Waals surface area (Å²) < 4.78 is 2.08. The molecular formula is C20H24ClN5O. The third-order valence-electron chi connectivity index (χ3n) is 4.31. The van der Waals surface area contributed by atoms with Gasteiger partial charge in [-0.2, -0.15) is 0 Å². The number of hydrogen-bond donors (Lipinski definition) is 2. The summed E-state index contributed by atoms with van der Waals surface area (Å²) in [5.74, 6) is 0.944. The highest BCUT2D eigenvalue weighted by molar-refractivity contribution is 6.30. The van der Waals surface area contributed by atoms with Gasteiger partial charge in [0.2, 0.25) is 0 Å². The summed E-state index contributed by atoms with van der Waals surface area (Å²) in [6, 6.07) is 10.5. The van der Waals surface area contributed by atoms with Gasteiger partial charge in [-0.3, -0.25) is 0 Å². The molecule has 3 aromatic rings. The van der Waals surface area contributed by atoms with Crippen molar-refractivity contribution in [2.75, 3.05) is 5.32 Å². The standard InChI is InChI=1S/C20H24ClN5O/c1-12(2)17(25-20(27)23-15-8-5-7-14(21)11-15)19-24-16-9-6-10-22-18(16)26(19)13(3)4/h5-13,17H,1-4H3,(H2,23,25,27)/t17-/m1/s1. The van der Waals surface area contributed by atoms with Crippen LogP contribution in [0.25, 0.3) is 11.2 Å². The van der Waals surface area contributed by atoms with Crippen LogP contribution in [0.4, 0.5) is 10.5 Å². The maximum Gasteiger partial charge on any atom is 0.319 e. The van der Waals surface area contributed by atoms with Gasteiger partial charge in [0.15, 0.2) is 5.65 Å². The van der Waals surface area contributed by atoms with Crippen molar-refractivity contribution in [2.45, 2.75) is 39.8 Å². The number of nitrogens with zero attached hydrogens (tertiary/aromatic N) is 3. The lowest BCUT2D eigenvalue weighted by Crippen LogP contribution is -2.36. The number of imidazole rings is 1. The van der Waals surface area contributed by atoms with Gasteiger partial charge in [0.25, 0.3) is 0 Å². The Kier molecular flexibility index (Phi) is 5.65. The minimum absolute atomic E-state index is 0.143. The van der Waals surface area contributed by atoms with E-state index in [-0.39, 0.29) is 24.0 Å². The molecule has 0 bridgehead atoms. The number of pyridine rings is 1. The normalized spacial score (nSPS) is 12.6. The van der Waals surface area contributed by atoms with Crippen LogP contribution < -0.4 is 10.6 Å². The molecule has 2 aromatic heterocycles. The van der Waals surface area contributed by atoms with Crippen molar-refractivity contribution in [3.05, 3.63) is 53.4 Å². The lowest BCUT2D eigenvalue weighted by molar-refractivity contribution is 0.243. The second kappa shape index (κ2) is 7.96. The summed E-state index contributed by atoms with van der Waals surface area (Å²) >= 11 is 5.99. The molecule has 7 heteroatoms. The van der Waals surface area contributed by atoms with Crippen LogP contribution in [-0.2, 0) is 0 Å².